The highest BCUT2D eigenvalue weighted by atomic mass is 16.5. The number of rotatable bonds is 8. The molecule has 3 rings (SSSR count). The minimum Gasteiger partial charge on any atom is -0.507 e. The van der Waals surface area contributed by atoms with Crippen molar-refractivity contribution < 1.29 is 29.2 Å². The number of hydrogen-bond acceptors (Lipinski definition) is 6. The van der Waals surface area contributed by atoms with Crippen LogP contribution in [-0.4, -0.2) is 30.2 Å². The maximum Gasteiger partial charge on any atom is 0.174 e. The van der Waals surface area contributed by atoms with Crippen molar-refractivity contribution in [2.45, 2.75) is 52.6 Å². The van der Waals surface area contributed by atoms with Gasteiger partial charge in [0.2, 0.25) is 0 Å². The van der Waals surface area contributed by atoms with Crippen molar-refractivity contribution in [1.82, 2.24) is 0 Å². The summed E-state index contributed by atoms with van der Waals surface area (Å²) >= 11 is 0. The van der Waals surface area contributed by atoms with Crippen molar-refractivity contribution in [3.63, 3.8) is 0 Å². The van der Waals surface area contributed by atoms with E-state index in [0.717, 1.165) is 24.0 Å². The number of ether oxygens (including phenoxy) is 3. The number of fused-ring (bicyclic) bond motifs is 1. The molecule has 1 atom stereocenters. The van der Waals surface area contributed by atoms with E-state index in [2.05, 4.69) is 19.9 Å². The summed E-state index contributed by atoms with van der Waals surface area (Å²) in [6, 6.07) is 6.74. The van der Waals surface area contributed by atoms with Crippen LogP contribution in [0.15, 0.2) is 47.6 Å². The largest absolute Gasteiger partial charge is 0.507 e. The van der Waals surface area contributed by atoms with Crippen LogP contribution in [0.25, 0.3) is 0 Å². The second kappa shape index (κ2) is 10.5. The van der Waals surface area contributed by atoms with E-state index in [0.29, 0.717) is 23.5 Å². The summed E-state index contributed by atoms with van der Waals surface area (Å²) in [4.78, 5) is 13.0. The predicted molar refractivity (Wildman–Crippen MR) is 128 cm³/mol. The zero-order valence-electron chi connectivity index (χ0n) is 19.9. The maximum absolute atomic E-state index is 13.0. The highest BCUT2D eigenvalue weighted by Gasteiger charge is 2.33. The summed E-state index contributed by atoms with van der Waals surface area (Å²) in [5.74, 6) is 0.736. The Hall–Kier alpha value is -3.41. The van der Waals surface area contributed by atoms with E-state index in [1.165, 1.54) is 11.6 Å². The lowest BCUT2D eigenvalue weighted by atomic mass is 9.92. The first kappa shape index (κ1) is 24.2. The van der Waals surface area contributed by atoms with E-state index >= 15 is 0 Å². The van der Waals surface area contributed by atoms with Crippen LogP contribution in [0, 0.1) is 0 Å². The summed E-state index contributed by atoms with van der Waals surface area (Å²) in [6.07, 6.45) is 5.82. The predicted octanol–water partition coefficient (Wildman–Crippen LogP) is 6.06. The SMILES string of the molecule is COc1ccc(C2CC(=O)c3c(cc(O)c(C/C=C(\C)CCC=C(C)C)c3O)O2)cc1OC. The fourth-order valence-electron chi connectivity index (χ4n) is 3.91. The van der Waals surface area contributed by atoms with Crippen LogP contribution in [-0.2, 0) is 6.42 Å². The van der Waals surface area contributed by atoms with Gasteiger partial charge in [-0.1, -0.05) is 29.4 Å². The number of carbonyl (C=O) groups excluding carboxylic acids is 1. The third-order valence-electron chi connectivity index (χ3n) is 5.79. The quantitative estimate of drug-likeness (QED) is 0.474. The molecule has 2 N–H and O–H groups in total. The smallest absolute Gasteiger partial charge is 0.174 e. The molecule has 0 spiro atoms. The molecular formula is C27H32O6. The van der Waals surface area contributed by atoms with Crippen molar-refractivity contribution in [3.05, 3.63) is 64.3 Å². The average Bonchev–Trinajstić information content (AvgIpc) is 2.77. The Kier molecular flexibility index (Phi) is 7.69. The Balaban J connectivity index is 1.84. The fourth-order valence-corrected chi connectivity index (χ4v) is 3.91. The van der Waals surface area contributed by atoms with E-state index in [1.807, 2.05) is 13.0 Å². The van der Waals surface area contributed by atoms with Crippen LogP contribution >= 0.6 is 0 Å². The molecule has 2 aromatic rings. The van der Waals surface area contributed by atoms with Crippen LogP contribution in [0.1, 0.15) is 67.6 Å². The minimum absolute atomic E-state index is 0.0673. The number of hydrogen-bond donors (Lipinski definition) is 2. The van der Waals surface area contributed by atoms with E-state index in [9.17, 15) is 15.0 Å². The van der Waals surface area contributed by atoms with Gasteiger partial charge in [0.1, 0.15) is 28.9 Å². The molecule has 1 aliphatic rings. The Labute approximate surface area is 195 Å². The highest BCUT2D eigenvalue weighted by molar-refractivity contribution is 6.03. The summed E-state index contributed by atoms with van der Waals surface area (Å²) in [5.41, 5.74) is 3.62. The number of methoxy groups -OCH3 is 2. The molecule has 0 radical (unpaired) electrons. The highest BCUT2D eigenvalue weighted by Crippen LogP contribution is 2.45. The monoisotopic (exact) mass is 452 g/mol. The lowest BCUT2D eigenvalue weighted by molar-refractivity contribution is 0.0844. The molecule has 1 unspecified atom stereocenters. The first-order chi connectivity index (χ1) is 15.7. The molecule has 0 saturated heterocycles. The van der Waals surface area contributed by atoms with Crippen molar-refractivity contribution in [2.24, 2.45) is 0 Å². The van der Waals surface area contributed by atoms with Crippen LogP contribution in [0.2, 0.25) is 0 Å². The lowest BCUT2D eigenvalue weighted by Crippen LogP contribution is -2.21. The molecule has 2 aromatic carbocycles. The van der Waals surface area contributed by atoms with E-state index < -0.39 is 6.10 Å². The molecule has 0 amide bonds. The number of aromatic hydroxyl groups is 2. The summed E-state index contributed by atoms with van der Waals surface area (Å²) < 4.78 is 16.6. The van der Waals surface area contributed by atoms with Crippen molar-refractivity contribution in [1.29, 1.82) is 0 Å². The van der Waals surface area contributed by atoms with Crippen LogP contribution in [0.4, 0.5) is 0 Å². The minimum atomic E-state index is -0.563. The lowest BCUT2D eigenvalue weighted by Gasteiger charge is -2.27. The molecule has 1 heterocycles. The van der Waals surface area contributed by atoms with E-state index in [1.54, 1.807) is 32.4 Å². The van der Waals surface area contributed by atoms with Gasteiger partial charge in [-0.3, -0.25) is 4.79 Å². The van der Waals surface area contributed by atoms with Gasteiger partial charge in [-0.25, -0.2) is 0 Å². The van der Waals surface area contributed by atoms with Gasteiger partial charge >= 0.3 is 0 Å². The van der Waals surface area contributed by atoms with Gasteiger partial charge in [0.25, 0.3) is 0 Å². The van der Waals surface area contributed by atoms with Gasteiger partial charge in [-0.15, -0.1) is 0 Å². The zero-order chi connectivity index (χ0) is 24.1. The molecular weight excluding hydrogens is 420 g/mol. The molecule has 1 aliphatic heterocycles. The topological polar surface area (TPSA) is 85.2 Å². The van der Waals surface area contributed by atoms with Crippen LogP contribution in [0.5, 0.6) is 28.7 Å². The summed E-state index contributed by atoms with van der Waals surface area (Å²) in [6.45, 7) is 6.15. The Morgan fingerprint density at radius 3 is 2.48 bits per heavy atom. The Morgan fingerprint density at radius 1 is 1.09 bits per heavy atom. The van der Waals surface area contributed by atoms with Gasteiger partial charge in [0.05, 0.1) is 20.6 Å². The standard InChI is InChI=1S/C27H32O6/c1-16(2)7-6-8-17(3)9-11-19-20(28)14-25-26(27(19)30)21(29)15-23(33-25)18-10-12-22(31-4)24(13-18)32-5/h7,9-10,12-14,23,28,30H,6,8,11,15H2,1-5H3/b17-9+. The number of phenols is 2. The van der Waals surface area contributed by atoms with Crippen molar-refractivity contribution >= 4 is 5.78 Å². The molecule has 176 valence electrons. The van der Waals surface area contributed by atoms with Crippen molar-refractivity contribution in [2.75, 3.05) is 14.2 Å². The molecule has 0 saturated carbocycles. The normalized spacial score (nSPS) is 15.5. The molecule has 6 heteroatoms. The van der Waals surface area contributed by atoms with Crippen molar-refractivity contribution in [3.8, 4) is 28.7 Å². The third kappa shape index (κ3) is 5.51. The Morgan fingerprint density at radius 2 is 1.82 bits per heavy atom. The second-order valence-corrected chi connectivity index (χ2v) is 8.52. The van der Waals surface area contributed by atoms with Crippen LogP contribution in [0.3, 0.4) is 0 Å². The number of phenolic OH excluding ortho intramolecular Hbond substituents is 2. The number of Topliss-reactive ketones (excluding diaryl/α,β-unsaturated/α-hetero) is 1. The van der Waals surface area contributed by atoms with Gasteiger partial charge < -0.3 is 24.4 Å². The van der Waals surface area contributed by atoms with Gasteiger partial charge in [-0.2, -0.15) is 0 Å². The van der Waals surface area contributed by atoms with Crippen LogP contribution < -0.4 is 14.2 Å². The van der Waals surface area contributed by atoms with Gasteiger partial charge in [0, 0.05) is 11.6 Å². The van der Waals surface area contributed by atoms with E-state index in [-0.39, 0.29) is 35.0 Å². The molecule has 0 bridgehead atoms. The molecule has 0 fully saturated rings. The number of carbonyl (C=O) groups is 1. The summed E-state index contributed by atoms with van der Waals surface area (Å²) in [7, 11) is 3.09. The molecule has 0 aromatic heterocycles. The number of allylic oxidation sites excluding steroid dienone is 4. The number of benzene rings is 2. The Bertz CT molecular complexity index is 1090. The van der Waals surface area contributed by atoms with Gasteiger partial charge in [-0.05, 0) is 57.7 Å². The number of ketones is 1. The first-order valence-corrected chi connectivity index (χ1v) is 11.0. The van der Waals surface area contributed by atoms with Gasteiger partial charge in [0.15, 0.2) is 17.3 Å². The molecule has 0 aliphatic carbocycles. The third-order valence-corrected chi connectivity index (χ3v) is 5.79. The molecule has 33 heavy (non-hydrogen) atoms. The van der Waals surface area contributed by atoms with E-state index in [4.69, 9.17) is 14.2 Å². The average molecular weight is 453 g/mol. The zero-order valence-corrected chi connectivity index (χ0v) is 19.9. The maximum atomic E-state index is 13.0. The summed E-state index contributed by atoms with van der Waals surface area (Å²) in [5, 5.41) is 21.4. The fraction of sp³-hybridized carbons (Fsp3) is 0.370. The first-order valence-electron chi connectivity index (χ1n) is 11.0. The molecule has 6 nitrogen and oxygen atoms in total. The second-order valence-electron chi connectivity index (χ2n) is 8.52.